The molecule has 1 saturated carbocycles. The van der Waals surface area contributed by atoms with Crippen molar-refractivity contribution in [3.05, 3.63) is 27.5 Å². The van der Waals surface area contributed by atoms with E-state index < -0.39 is 0 Å². The largest absolute Gasteiger partial charge is 0.316 e. The van der Waals surface area contributed by atoms with Gasteiger partial charge in [-0.2, -0.15) is 4.99 Å². The number of halogens is 1. The maximum atomic E-state index is 11.9. The van der Waals surface area contributed by atoms with E-state index in [2.05, 4.69) is 16.5 Å². The maximum absolute atomic E-state index is 11.9. The van der Waals surface area contributed by atoms with Crippen LogP contribution in [0.2, 0.25) is 5.02 Å². The summed E-state index contributed by atoms with van der Waals surface area (Å²) in [5, 5.41) is 0.731. The van der Waals surface area contributed by atoms with Crippen LogP contribution in [0.1, 0.15) is 25.3 Å². The summed E-state index contributed by atoms with van der Waals surface area (Å²) in [4.78, 5) is 17.0. The van der Waals surface area contributed by atoms with Crippen LogP contribution in [0.5, 0.6) is 0 Å². The molecule has 0 aliphatic heterocycles. The van der Waals surface area contributed by atoms with Gasteiger partial charge in [-0.15, -0.1) is 0 Å². The Morgan fingerprint density at radius 2 is 2.26 bits per heavy atom. The lowest BCUT2D eigenvalue weighted by atomic mass is 10.2. The van der Waals surface area contributed by atoms with Crippen molar-refractivity contribution in [1.29, 1.82) is 0 Å². The molecular formula is C14H15ClN2OS. The molecular weight excluding hydrogens is 280 g/mol. The summed E-state index contributed by atoms with van der Waals surface area (Å²) >= 11 is 7.64. The number of aromatic nitrogens is 1. The zero-order valence-electron chi connectivity index (χ0n) is 10.9. The number of rotatable bonds is 2. The molecule has 0 bridgehead atoms. The molecule has 1 aromatic heterocycles. The van der Waals surface area contributed by atoms with Gasteiger partial charge in [-0.1, -0.05) is 22.9 Å². The number of benzene rings is 1. The lowest BCUT2D eigenvalue weighted by Gasteiger charge is -2.03. The molecule has 1 aromatic carbocycles. The maximum Gasteiger partial charge on any atom is 0.251 e. The van der Waals surface area contributed by atoms with Gasteiger partial charge in [-0.3, -0.25) is 4.79 Å². The van der Waals surface area contributed by atoms with E-state index in [0.29, 0.717) is 0 Å². The highest BCUT2D eigenvalue weighted by Gasteiger charge is 2.29. The van der Waals surface area contributed by atoms with Gasteiger partial charge in [0.05, 0.1) is 10.2 Å². The quantitative estimate of drug-likeness (QED) is 0.834. The van der Waals surface area contributed by atoms with Crippen LogP contribution in [-0.4, -0.2) is 10.5 Å². The Morgan fingerprint density at radius 1 is 1.53 bits per heavy atom. The van der Waals surface area contributed by atoms with E-state index in [1.807, 2.05) is 19.1 Å². The predicted octanol–water partition coefficient (Wildman–Crippen LogP) is 3.52. The number of fused-ring (bicyclic) bond motifs is 1. The minimum absolute atomic E-state index is 0.0255. The van der Waals surface area contributed by atoms with Crippen LogP contribution in [0.4, 0.5) is 0 Å². The summed E-state index contributed by atoms with van der Waals surface area (Å²) in [7, 11) is 0. The Balaban J connectivity index is 2.24. The fraction of sp³-hybridized carbons (Fsp3) is 0.429. The molecule has 2 aromatic rings. The molecule has 0 atom stereocenters. The molecule has 0 spiro atoms. The molecule has 1 aliphatic carbocycles. The smallest absolute Gasteiger partial charge is 0.251 e. The predicted molar refractivity (Wildman–Crippen MR) is 78.5 cm³/mol. The number of aryl methyl sites for hydroxylation is 2. The molecule has 5 heteroatoms. The molecule has 19 heavy (non-hydrogen) atoms. The van der Waals surface area contributed by atoms with Crippen molar-refractivity contribution in [2.75, 3.05) is 0 Å². The molecule has 0 N–H and O–H groups in total. The summed E-state index contributed by atoms with van der Waals surface area (Å²) < 4.78 is 3.19. The third kappa shape index (κ3) is 2.35. The first-order chi connectivity index (χ1) is 9.10. The third-order valence-corrected chi connectivity index (χ3v) is 4.62. The van der Waals surface area contributed by atoms with E-state index in [9.17, 15) is 4.79 Å². The average molecular weight is 295 g/mol. The van der Waals surface area contributed by atoms with E-state index in [0.717, 1.165) is 45.0 Å². The van der Waals surface area contributed by atoms with Crippen molar-refractivity contribution in [2.24, 2.45) is 10.9 Å². The van der Waals surface area contributed by atoms with Crippen molar-refractivity contribution in [1.82, 2.24) is 4.57 Å². The topological polar surface area (TPSA) is 34.4 Å². The van der Waals surface area contributed by atoms with Gasteiger partial charge in [0.1, 0.15) is 0 Å². The standard InChI is InChI=1S/C14H15ClN2OS/c1-3-17-12-8(2)6-10(15)7-11(12)19-14(17)16-13(18)9-4-5-9/h6-7,9H,3-5H2,1-2H3. The number of carbonyl (C=O) groups excluding carboxylic acids is 1. The van der Waals surface area contributed by atoms with E-state index in [1.54, 1.807) is 11.3 Å². The molecule has 1 fully saturated rings. The van der Waals surface area contributed by atoms with Crippen molar-refractivity contribution in [2.45, 2.75) is 33.2 Å². The van der Waals surface area contributed by atoms with Gasteiger partial charge in [0.2, 0.25) is 0 Å². The Bertz CT molecular complexity index is 725. The fourth-order valence-electron chi connectivity index (χ4n) is 2.27. The lowest BCUT2D eigenvalue weighted by Crippen LogP contribution is -2.16. The Labute approximate surface area is 120 Å². The molecule has 3 nitrogen and oxygen atoms in total. The number of thiazole rings is 1. The molecule has 1 amide bonds. The lowest BCUT2D eigenvalue weighted by molar-refractivity contribution is -0.119. The van der Waals surface area contributed by atoms with E-state index in [1.165, 1.54) is 0 Å². The van der Waals surface area contributed by atoms with Gasteiger partial charge < -0.3 is 4.57 Å². The first kappa shape index (κ1) is 12.9. The monoisotopic (exact) mass is 294 g/mol. The molecule has 0 radical (unpaired) electrons. The SMILES string of the molecule is CCn1c(=NC(=O)C2CC2)sc2cc(Cl)cc(C)c21. The molecule has 1 aliphatic rings. The van der Waals surface area contributed by atoms with E-state index in [4.69, 9.17) is 11.6 Å². The zero-order chi connectivity index (χ0) is 13.6. The average Bonchev–Trinajstić information content (AvgIpc) is 3.12. The van der Waals surface area contributed by atoms with Gasteiger partial charge in [0.15, 0.2) is 4.80 Å². The van der Waals surface area contributed by atoms with E-state index in [-0.39, 0.29) is 11.8 Å². The van der Waals surface area contributed by atoms with Crippen LogP contribution in [0.3, 0.4) is 0 Å². The van der Waals surface area contributed by atoms with Crippen molar-refractivity contribution in [3.8, 4) is 0 Å². The first-order valence-electron chi connectivity index (χ1n) is 6.48. The van der Waals surface area contributed by atoms with Crippen LogP contribution < -0.4 is 4.80 Å². The summed E-state index contributed by atoms with van der Waals surface area (Å²) in [5.74, 6) is 0.192. The molecule has 1 heterocycles. The number of hydrogen-bond donors (Lipinski definition) is 0. The van der Waals surface area contributed by atoms with Crippen molar-refractivity contribution < 1.29 is 4.79 Å². The number of hydrogen-bond acceptors (Lipinski definition) is 2. The van der Waals surface area contributed by atoms with Crippen molar-refractivity contribution in [3.63, 3.8) is 0 Å². The fourth-order valence-corrected chi connectivity index (χ4v) is 3.82. The minimum Gasteiger partial charge on any atom is -0.316 e. The van der Waals surface area contributed by atoms with Crippen LogP contribution >= 0.6 is 22.9 Å². The highest BCUT2D eigenvalue weighted by atomic mass is 35.5. The minimum atomic E-state index is 0.0255. The molecule has 0 unspecified atom stereocenters. The Hall–Kier alpha value is -1.13. The van der Waals surface area contributed by atoms with Crippen LogP contribution in [0.25, 0.3) is 10.2 Å². The van der Waals surface area contributed by atoms with E-state index >= 15 is 0 Å². The second-order valence-electron chi connectivity index (χ2n) is 4.92. The van der Waals surface area contributed by atoms with Gasteiger partial charge in [0.25, 0.3) is 5.91 Å². The molecule has 0 saturated heterocycles. The number of carbonyl (C=O) groups is 1. The summed E-state index contributed by atoms with van der Waals surface area (Å²) in [5.41, 5.74) is 2.26. The Kier molecular flexibility index (Phi) is 3.23. The van der Waals surface area contributed by atoms with Crippen LogP contribution in [0.15, 0.2) is 17.1 Å². The highest BCUT2D eigenvalue weighted by molar-refractivity contribution is 7.16. The first-order valence-corrected chi connectivity index (χ1v) is 7.67. The highest BCUT2D eigenvalue weighted by Crippen LogP contribution is 2.30. The zero-order valence-corrected chi connectivity index (χ0v) is 12.5. The summed E-state index contributed by atoms with van der Waals surface area (Å²) in [6, 6.07) is 3.90. The molecule has 3 rings (SSSR count). The number of amides is 1. The Morgan fingerprint density at radius 3 is 2.89 bits per heavy atom. The van der Waals surface area contributed by atoms with Gasteiger partial charge in [-0.05, 0) is 44.4 Å². The van der Waals surface area contributed by atoms with Gasteiger partial charge in [-0.25, -0.2) is 0 Å². The van der Waals surface area contributed by atoms with Crippen LogP contribution in [-0.2, 0) is 11.3 Å². The van der Waals surface area contributed by atoms with Gasteiger partial charge in [0, 0.05) is 17.5 Å². The third-order valence-electron chi connectivity index (χ3n) is 3.38. The second kappa shape index (κ2) is 4.76. The van der Waals surface area contributed by atoms with Crippen molar-refractivity contribution >= 4 is 39.1 Å². The number of nitrogens with zero attached hydrogens (tertiary/aromatic N) is 2. The molecule has 100 valence electrons. The normalized spacial score (nSPS) is 16.3. The van der Waals surface area contributed by atoms with Gasteiger partial charge >= 0.3 is 0 Å². The second-order valence-corrected chi connectivity index (χ2v) is 6.37. The summed E-state index contributed by atoms with van der Waals surface area (Å²) in [6.45, 7) is 4.92. The summed E-state index contributed by atoms with van der Waals surface area (Å²) in [6.07, 6.45) is 1.98. The van der Waals surface area contributed by atoms with Crippen LogP contribution in [0, 0.1) is 12.8 Å².